The van der Waals surface area contributed by atoms with E-state index >= 15 is 0 Å². The van der Waals surface area contributed by atoms with Crippen LogP contribution in [-0.2, 0) is 12.8 Å². The molecule has 1 amide bonds. The van der Waals surface area contributed by atoms with Crippen molar-refractivity contribution in [1.29, 1.82) is 0 Å². The largest absolute Gasteiger partial charge is 0.370 e. The van der Waals surface area contributed by atoms with Gasteiger partial charge in [0.05, 0.1) is 5.69 Å². The van der Waals surface area contributed by atoms with E-state index in [2.05, 4.69) is 36.1 Å². The molecule has 3 aromatic rings. The second-order valence-electron chi connectivity index (χ2n) is 8.48. The first-order chi connectivity index (χ1) is 15.1. The van der Waals surface area contributed by atoms with Crippen LogP contribution in [0, 0.1) is 12.7 Å². The van der Waals surface area contributed by atoms with Crippen molar-refractivity contribution in [2.75, 3.05) is 31.1 Å². The van der Waals surface area contributed by atoms with Gasteiger partial charge in [-0.15, -0.1) is 0 Å². The second kappa shape index (κ2) is 8.17. The Hall–Kier alpha value is -3.15. The molecule has 0 radical (unpaired) electrons. The SMILES string of the molecule is Cc1ccc(-n2nc(C(=O)N3CCCN(c4ccc(F)cc4)CC3)c3c2CCC3)cc1. The van der Waals surface area contributed by atoms with Crippen molar-refractivity contribution in [2.24, 2.45) is 0 Å². The quantitative estimate of drug-likeness (QED) is 0.641. The Morgan fingerprint density at radius 1 is 0.871 bits per heavy atom. The lowest BCUT2D eigenvalue weighted by Gasteiger charge is -2.23. The third-order valence-electron chi connectivity index (χ3n) is 6.39. The van der Waals surface area contributed by atoms with Gasteiger partial charge in [0.15, 0.2) is 5.69 Å². The van der Waals surface area contributed by atoms with E-state index in [9.17, 15) is 9.18 Å². The summed E-state index contributed by atoms with van der Waals surface area (Å²) in [6.45, 7) is 5.01. The molecule has 0 spiro atoms. The number of halogens is 1. The summed E-state index contributed by atoms with van der Waals surface area (Å²) in [5.41, 5.74) is 6.13. The smallest absolute Gasteiger partial charge is 0.274 e. The molecular formula is C25H27FN4O. The van der Waals surface area contributed by atoms with Gasteiger partial charge in [-0.2, -0.15) is 5.10 Å². The minimum Gasteiger partial charge on any atom is -0.370 e. The van der Waals surface area contributed by atoms with Crippen LogP contribution < -0.4 is 4.90 Å². The second-order valence-corrected chi connectivity index (χ2v) is 8.48. The Kier molecular flexibility index (Phi) is 5.22. The van der Waals surface area contributed by atoms with Crippen molar-refractivity contribution in [3.8, 4) is 5.69 Å². The molecule has 2 aliphatic rings. The Morgan fingerprint density at radius 3 is 2.39 bits per heavy atom. The fourth-order valence-electron chi connectivity index (χ4n) is 4.69. The first kappa shape index (κ1) is 19.8. The van der Waals surface area contributed by atoms with Gasteiger partial charge in [0.25, 0.3) is 5.91 Å². The summed E-state index contributed by atoms with van der Waals surface area (Å²) in [6, 6.07) is 14.9. The number of carbonyl (C=O) groups excluding carboxylic acids is 1. The van der Waals surface area contributed by atoms with Gasteiger partial charge in [0.1, 0.15) is 5.82 Å². The van der Waals surface area contributed by atoms with E-state index in [1.807, 2.05) is 21.7 Å². The van der Waals surface area contributed by atoms with Crippen LogP contribution >= 0.6 is 0 Å². The molecule has 1 saturated heterocycles. The van der Waals surface area contributed by atoms with E-state index in [1.54, 1.807) is 0 Å². The molecule has 0 bridgehead atoms. The highest BCUT2D eigenvalue weighted by Crippen LogP contribution is 2.29. The minimum absolute atomic E-state index is 0.0324. The molecular weight excluding hydrogens is 391 g/mol. The van der Waals surface area contributed by atoms with Crippen LogP contribution in [0.4, 0.5) is 10.1 Å². The maximum atomic E-state index is 13.5. The number of carbonyl (C=O) groups is 1. The highest BCUT2D eigenvalue weighted by Gasteiger charge is 2.30. The maximum Gasteiger partial charge on any atom is 0.274 e. The lowest BCUT2D eigenvalue weighted by atomic mass is 10.1. The number of nitrogens with zero attached hydrogens (tertiary/aromatic N) is 4. The first-order valence-corrected chi connectivity index (χ1v) is 11.1. The highest BCUT2D eigenvalue weighted by atomic mass is 19.1. The van der Waals surface area contributed by atoms with Gasteiger partial charge in [-0.05, 0) is 69.0 Å². The molecule has 0 atom stereocenters. The fourth-order valence-corrected chi connectivity index (χ4v) is 4.69. The van der Waals surface area contributed by atoms with Gasteiger partial charge < -0.3 is 9.80 Å². The molecule has 0 N–H and O–H groups in total. The third-order valence-corrected chi connectivity index (χ3v) is 6.39. The molecule has 160 valence electrons. The number of fused-ring (bicyclic) bond motifs is 1. The van der Waals surface area contributed by atoms with Crippen molar-refractivity contribution in [1.82, 2.24) is 14.7 Å². The molecule has 2 heterocycles. The van der Waals surface area contributed by atoms with Crippen molar-refractivity contribution < 1.29 is 9.18 Å². The number of aromatic nitrogens is 2. The van der Waals surface area contributed by atoms with Crippen molar-refractivity contribution in [2.45, 2.75) is 32.6 Å². The van der Waals surface area contributed by atoms with Crippen LogP contribution in [-0.4, -0.2) is 46.8 Å². The van der Waals surface area contributed by atoms with Gasteiger partial charge in [-0.3, -0.25) is 4.79 Å². The predicted octanol–water partition coefficient (Wildman–Crippen LogP) is 4.16. The number of aryl methyl sites for hydroxylation is 1. The average Bonchev–Trinajstić information content (AvgIpc) is 3.30. The zero-order valence-electron chi connectivity index (χ0n) is 17.9. The molecule has 1 aliphatic carbocycles. The summed E-state index contributed by atoms with van der Waals surface area (Å²) in [6.07, 6.45) is 3.82. The van der Waals surface area contributed by atoms with E-state index in [-0.39, 0.29) is 11.7 Å². The molecule has 2 aromatic carbocycles. The highest BCUT2D eigenvalue weighted by molar-refractivity contribution is 5.94. The fraction of sp³-hybridized carbons (Fsp3) is 0.360. The van der Waals surface area contributed by atoms with E-state index in [1.165, 1.54) is 23.4 Å². The number of amides is 1. The van der Waals surface area contributed by atoms with Crippen LogP contribution in [0.1, 0.15) is 40.2 Å². The number of anilines is 1. The molecule has 1 fully saturated rings. The van der Waals surface area contributed by atoms with E-state index in [4.69, 9.17) is 5.10 Å². The van der Waals surface area contributed by atoms with Crippen LogP contribution in [0.2, 0.25) is 0 Å². The molecule has 5 rings (SSSR count). The lowest BCUT2D eigenvalue weighted by Crippen LogP contribution is -2.36. The Morgan fingerprint density at radius 2 is 1.61 bits per heavy atom. The molecule has 1 aliphatic heterocycles. The Balaban J connectivity index is 1.37. The molecule has 0 saturated carbocycles. The Bertz CT molecular complexity index is 1090. The maximum absolute atomic E-state index is 13.5. The van der Waals surface area contributed by atoms with Crippen LogP contribution in [0.25, 0.3) is 5.69 Å². The normalized spacial score (nSPS) is 16.3. The van der Waals surface area contributed by atoms with Gasteiger partial charge in [0, 0.05) is 43.1 Å². The average molecular weight is 419 g/mol. The van der Waals surface area contributed by atoms with Gasteiger partial charge in [0.2, 0.25) is 0 Å². The van der Waals surface area contributed by atoms with E-state index in [0.29, 0.717) is 18.8 Å². The molecule has 1 aromatic heterocycles. The van der Waals surface area contributed by atoms with Crippen molar-refractivity contribution in [3.63, 3.8) is 0 Å². The van der Waals surface area contributed by atoms with Gasteiger partial charge in [-0.25, -0.2) is 9.07 Å². The third kappa shape index (κ3) is 3.82. The summed E-state index contributed by atoms with van der Waals surface area (Å²) in [4.78, 5) is 17.6. The number of benzene rings is 2. The topological polar surface area (TPSA) is 41.4 Å². The molecule has 31 heavy (non-hydrogen) atoms. The molecule has 0 unspecified atom stereocenters. The van der Waals surface area contributed by atoms with Gasteiger partial charge in [-0.1, -0.05) is 17.7 Å². The predicted molar refractivity (Wildman–Crippen MR) is 119 cm³/mol. The zero-order chi connectivity index (χ0) is 21.4. The summed E-state index contributed by atoms with van der Waals surface area (Å²) >= 11 is 0. The minimum atomic E-state index is -0.228. The summed E-state index contributed by atoms with van der Waals surface area (Å²) in [5, 5.41) is 4.79. The van der Waals surface area contributed by atoms with E-state index < -0.39 is 0 Å². The molecule has 5 nitrogen and oxygen atoms in total. The lowest BCUT2D eigenvalue weighted by molar-refractivity contribution is 0.0759. The number of rotatable bonds is 3. The monoisotopic (exact) mass is 418 g/mol. The van der Waals surface area contributed by atoms with E-state index in [0.717, 1.165) is 55.7 Å². The van der Waals surface area contributed by atoms with Gasteiger partial charge >= 0.3 is 0 Å². The van der Waals surface area contributed by atoms with Crippen LogP contribution in [0.5, 0.6) is 0 Å². The standard InChI is InChI=1S/C25H27FN4O/c1-18-6-10-21(11-7-18)30-23-5-2-4-22(23)24(27-30)25(31)29-15-3-14-28(16-17-29)20-12-8-19(26)9-13-20/h6-13H,2-5,14-17H2,1H3. The molecule has 6 heteroatoms. The first-order valence-electron chi connectivity index (χ1n) is 11.1. The summed E-state index contributed by atoms with van der Waals surface area (Å²) < 4.78 is 15.2. The van der Waals surface area contributed by atoms with Crippen molar-refractivity contribution >= 4 is 11.6 Å². The van der Waals surface area contributed by atoms with Crippen LogP contribution in [0.15, 0.2) is 48.5 Å². The number of hydrogen-bond donors (Lipinski definition) is 0. The summed E-state index contributed by atoms with van der Waals surface area (Å²) in [5.74, 6) is -0.196. The zero-order valence-corrected chi connectivity index (χ0v) is 17.9. The van der Waals surface area contributed by atoms with Crippen LogP contribution in [0.3, 0.4) is 0 Å². The summed E-state index contributed by atoms with van der Waals surface area (Å²) in [7, 11) is 0. The Labute approximate surface area is 182 Å². The van der Waals surface area contributed by atoms with Crippen molar-refractivity contribution in [3.05, 3.63) is 76.9 Å². The number of hydrogen-bond acceptors (Lipinski definition) is 3.